The van der Waals surface area contributed by atoms with Crippen molar-refractivity contribution in [2.75, 3.05) is 6.26 Å². The van der Waals surface area contributed by atoms with Crippen LogP contribution in [0.3, 0.4) is 0 Å². The SMILES string of the molecule is Cn1nnc(Sc2nc3ccc(S(C)(=O)=O)cc3s2)n1. The molecule has 104 valence electrons. The molecule has 3 rings (SSSR count). The zero-order valence-corrected chi connectivity index (χ0v) is 13.0. The van der Waals surface area contributed by atoms with Gasteiger partial charge < -0.3 is 0 Å². The van der Waals surface area contributed by atoms with Gasteiger partial charge in [-0.05, 0) is 35.2 Å². The van der Waals surface area contributed by atoms with E-state index in [9.17, 15) is 8.42 Å². The van der Waals surface area contributed by atoms with Crippen LogP contribution in [0.2, 0.25) is 0 Å². The van der Waals surface area contributed by atoms with Crippen LogP contribution < -0.4 is 0 Å². The summed E-state index contributed by atoms with van der Waals surface area (Å²) in [6.07, 6.45) is 1.19. The van der Waals surface area contributed by atoms with Gasteiger partial charge in [-0.3, -0.25) is 0 Å². The van der Waals surface area contributed by atoms with Gasteiger partial charge in [0, 0.05) is 6.26 Å². The van der Waals surface area contributed by atoms with Gasteiger partial charge >= 0.3 is 0 Å². The normalized spacial score (nSPS) is 12.1. The van der Waals surface area contributed by atoms with Crippen LogP contribution in [-0.2, 0) is 16.9 Å². The van der Waals surface area contributed by atoms with Crippen molar-refractivity contribution in [1.29, 1.82) is 0 Å². The highest BCUT2D eigenvalue weighted by atomic mass is 32.2. The monoisotopic (exact) mass is 327 g/mol. The first-order chi connectivity index (χ1) is 9.41. The molecule has 0 unspecified atom stereocenters. The van der Waals surface area contributed by atoms with Crippen LogP contribution >= 0.6 is 23.1 Å². The van der Waals surface area contributed by atoms with Gasteiger partial charge in [-0.15, -0.1) is 21.5 Å². The van der Waals surface area contributed by atoms with Crippen molar-refractivity contribution in [2.45, 2.75) is 14.4 Å². The molecular weight excluding hydrogens is 318 g/mol. The van der Waals surface area contributed by atoms with Crippen LogP contribution in [0.5, 0.6) is 0 Å². The standard InChI is InChI=1S/C10H9N5O2S3/c1-15-13-9(12-14-15)19-10-11-7-4-3-6(20(2,16)17)5-8(7)18-10/h3-5H,1-2H3. The van der Waals surface area contributed by atoms with Gasteiger partial charge in [0.15, 0.2) is 14.2 Å². The van der Waals surface area contributed by atoms with Crippen molar-refractivity contribution in [3.8, 4) is 0 Å². The van der Waals surface area contributed by atoms with Crippen molar-refractivity contribution in [3.63, 3.8) is 0 Å². The average molecular weight is 327 g/mol. The Morgan fingerprint density at radius 1 is 1.35 bits per heavy atom. The number of tetrazole rings is 1. The number of sulfone groups is 1. The Morgan fingerprint density at radius 3 is 2.80 bits per heavy atom. The second-order valence-electron chi connectivity index (χ2n) is 4.04. The molecule has 0 aliphatic heterocycles. The third-order valence-corrected chi connectivity index (χ3v) is 5.47. The van der Waals surface area contributed by atoms with Crippen LogP contribution in [0.15, 0.2) is 32.6 Å². The first-order valence-electron chi connectivity index (χ1n) is 5.44. The van der Waals surface area contributed by atoms with E-state index in [1.54, 1.807) is 25.2 Å². The number of thiazole rings is 1. The Bertz CT molecular complexity index is 883. The average Bonchev–Trinajstić information content (AvgIpc) is 2.93. The summed E-state index contributed by atoms with van der Waals surface area (Å²) >= 11 is 2.70. The molecule has 20 heavy (non-hydrogen) atoms. The second-order valence-corrected chi connectivity index (χ2v) is 8.31. The second kappa shape index (κ2) is 4.79. The summed E-state index contributed by atoms with van der Waals surface area (Å²) in [6.45, 7) is 0. The molecular formula is C10H9N5O2S3. The van der Waals surface area contributed by atoms with Crippen molar-refractivity contribution in [3.05, 3.63) is 18.2 Å². The summed E-state index contributed by atoms with van der Waals surface area (Å²) in [7, 11) is -1.52. The van der Waals surface area contributed by atoms with E-state index in [0.717, 1.165) is 14.6 Å². The topological polar surface area (TPSA) is 90.6 Å². The maximum absolute atomic E-state index is 11.5. The molecule has 2 aromatic heterocycles. The highest BCUT2D eigenvalue weighted by Gasteiger charge is 2.12. The number of rotatable bonds is 3. The van der Waals surface area contributed by atoms with Crippen LogP contribution in [0, 0.1) is 0 Å². The van der Waals surface area contributed by atoms with Crippen molar-refractivity contribution >= 4 is 43.2 Å². The van der Waals surface area contributed by atoms with Crippen LogP contribution in [0.4, 0.5) is 0 Å². The van der Waals surface area contributed by atoms with Crippen LogP contribution in [0.1, 0.15) is 0 Å². The van der Waals surface area contributed by atoms with Gasteiger partial charge in [0.2, 0.25) is 5.16 Å². The summed E-state index contributed by atoms with van der Waals surface area (Å²) in [5, 5.41) is 12.2. The van der Waals surface area contributed by atoms with Gasteiger partial charge in [-0.2, -0.15) is 4.80 Å². The largest absolute Gasteiger partial charge is 0.238 e. The molecule has 2 heterocycles. The third-order valence-electron chi connectivity index (χ3n) is 2.44. The fraction of sp³-hybridized carbons (Fsp3) is 0.200. The van der Waals surface area contributed by atoms with Gasteiger partial charge in [-0.25, -0.2) is 13.4 Å². The zero-order chi connectivity index (χ0) is 14.3. The van der Waals surface area contributed by atoms with Crippen LogP contribution in [-0.4, -0.2) is 39.9 Å². The van der Waals surface area contributed by atoms with E-state index in [-0.39, 0.29) is 0 Å². The molecule has 0 radical (unpaired) electrons. The molecule has 0 amide bonds. The Morgan fingerprint density at radius 2 is 2.15 bits per heavy atom. The molecule has 0 saturated carbocycles. The lowest BCUT2D eigenvalue weighted by Gasteiger charge is -1.96. The fourth-order valence-corrected chi connectivity index (χ4v) is 4.20. The number of aromatic nitrogens is 5. The van der Waals surface area contributed by atoms with E-state index in [1.807, 2.05) is 0 Å². The molecule has 3 aromatic rings. The molecule has 0 saturated heterocycles. The summed E-state index contributed by atoms with van der Waals surface area (Å²) < 4.78 is 24.6. The van der Waals surface area contributed by atoms with E-state index in [1.165, 1.54) is 34.2 Å². The number of nitrogens with zero attached hydrogens (tertiary/aromatic N) is 5. The van der Waals surface area contributed by atoms with Gasteiger partial charge in [-0.1, -0.05) is 0 Å². The molecule has 0 atom stereocenters. The third kappa shape index (κ3) is 2.67. The van der Waals surface area contributed by atoms with Crippen molar-refractivity contribution in [2.24, 2.45) is 7.05 Å². The minimum atomic E-state index is -3.21. The lowest BCUT2D eigenvalue weighted by Crippen LogP contribution is -1.95. The number of benzene rings is 1. The number of hydrogen-bond donors (Lipinski definition) is 0. The number of hydrogen-bond acceptors (Lipinski definition) is 8. The molecule has 0 aliphatic carbocycles. The Labute approximate surface area is 122 Å². The maximum Gasteiger partial charge on any atom is 0.238 e. The lowest BCUT2D eigenvalue weighted by atomic mass is 10.3. The minimum absolute atomic E-state index is 0.294. The predicted octanol–water partition coefficient (Wildman–Crippen LogP) is 1.37. The highest BCUT2D eigenvalue weighted by molar-refractivity contribution is 8.01. The maximum atomic E-state index is 11.5. The van der Waals surface area contributed by atoms with E-state index < -0.39 is 9.84 Å². The zero-order valence-electron chi connectivity index (χ0n) is 10.5. The predicted molar refractivity (Wildman–Crippen MR) is 75.7 cm³/mol. The van der Waals surface area contributed by atoms with E-state index in [0.29, 0.717) is 10.1 Å². The van der Waals surface area contributed by atoms with Crippen molar-refractivity contribution in [1.82, 2.24) is 25.2 Å². The van der Waals surface area contributed by atoms with Crippen molar-refractivity contribution < 1.29 is 8.42 Å². The smallest absolute Gasteiger partial charge is 0.229 e. The molecule has 10 heteroatoms. The highest BCUT2D eigenvalue weighted by Crippen LogP contribution is 2.33. The molecule has 1 aromatic carbocycles. The fourth-order valence-electron chi connectivity index (χ4n) is 1.54. The molecule has 0 fully saturated rings. The summed E-state index contributed by atoms with van der Waals surface area (Å²) in [6, 6.07) is 4.90. The summed E-state index contributed by atoms with van der Waals surface area (Å²) in [5.41, 5.74) is 0.758. The molecule has 0 spiro atoms. The molecule has 0 bridgehead atoms. The van der Waals surface area contributed by atoms with E-state index in [2.05, 4.69) is 20.4 Å². The molecule has 0 aliphatic rings. The van der Waals surface area contributed by atoms with Gasteiger partial charge in [0.1, 0.15) is 0 Å². The molecule has 7 nitrogen and oxygen atoms in total. The van der Waals surface area contributed by atoms with E-state index >= 15 is 0 Å². The van der Waals surface area contributed by atoms with E-state index in [4.69, 9.17) is 0 Å². The first kappa shape index (κ1) is 13.5. The van der Waals surface area contributed by atoms with Gasteiger partial charge in [0.25, 0.3) is 0 Å². The lowest BCUT2D eigenvalue weighted by molar-refractivity contribution is 0.602. The Kier molecular flexibility index (Phi) is 3.22. The number of aryl methyl sites for hydroxylation is 1. The van der Waals surface area contributed by atoms with Crippen LogP contribution in [0.25, 0.3) is 10.2 Å². The molecule has 0 N–H and O–H groups in total. The quantitative estimate of drug-likeness (QED) is 0.717. The Balaban J connectivity index is 1.98. The first-order valence-corrected chi connectivity index (χ1v) is 8.97. The minimum Gasteiger partial charge on any atom is -0.229 e. The Hall–Kier alpha value is -1.52. The summed E-state index contributed by atoms with van der Waals surface area (Å²) in [5.74, 6) is 0. The number of fused-ring (bicyclic) bond motifs is 1. The summed E-state index contributed by atoms with van der Waals surface area (Å²) in [4.78, 5) is 6.08. The van der Waals surface area contributed by atoms with Gasteiger partial charge in [0.05, 0.1) is 22.2 Å².